The zero-order valence-corrected chi connectivity index (χ0v) is 10.9. The van der Waals surface area contributed by atoms with E-state index in [9.17, 15) is 0 Å². The fourth-order valence-electron chi connectivity index (χ4n) is 2.38. The van der Waals surface area contributed by atoms with E-state index in [1.54, 1.807) is 0 Å². The molecule has 1 fully saturated rings. The van der Waals surface area contributed by atoms with Crippen LogP contribution in [0.5, 0.6) is 0 Å². The number of nitrogens with two attached hydrogens (primary N) is 1. The van der Waals surface area contributed by atoms with Gasteiger partial charge < -0.3 is 10.5 Å². The summed E-state index contributed by atoms with van der Waals surface area (Å²) in [6.07, 6.45) is 3.77. The van der Waals surface area contributed by atoms with Crippen LogP contribution in [0.15, 0.2) is 0 Å². The molecule has 0 aromatic heterocycles. The van der Waals surface area contributed by atoms with Crippen molar-refractivity contribution >= 4 is 0 Å². The van der Waals surface area contributed by atoms with Gasteiger partial charge in [0.25, 0.3) is 0 Å². The topological polar surface area (TPSA) is 35.2 Å². The van der Waals surface area contributed by atoms with Gasteiger partial charge in [0.1, 0.15) is 0 Å². The third-order valence-corrected chi connectivity index (χ3v) is 3.33. The van der Waals surface area contributed by atoms with Crippen molar-refractivity contribution in [3.05, 3.63) is 0 Å². The maximum Gasteiger partial charge on any atom is 0.0735 e. The second-order valence-corrected chi connectivity index (χ2v) is 6.25. The van der Waals surface area contributed by atoms with E-state index in [0.717, 1.165) is 24.7 Å². The molecular formula is C13H27NO. The van der Waals surface area contributed by atoms with Gasteiger partial charge in [-0.1, -0.05) is 13.8 Å². The summed E-state index contributed by atoms with van der Waals surface area (Å²) < 4.78 is 6.05. The predicted molar refractivity (Wildman–Crippen MR) is 64.8 cm³/mol. The summed E-state index contributed by atoms with van der Waals surface area (Å²) in [4.78, 5) is 0. The van der Waals surface area contributed by atoms with Gasteiger partial charge in [-0.15, -0.1) is 0 Å². The molecule has 1 rings (SSSR count). The summed E-state index contributed by atoms with van der Waals surface area (Å²) in [6.45, 7) is 10.9. The number of rotatable bonds is 2. The Kier molecular flexibility index (Phi) is 4.19. The van der Waals surface area contributed by atoms with Crippen molar-refractivity contribution in [2.75, 3.05) is 0 Å². The van der Waals surface area contributed by atoms with E-state index in [0.29, 0.717) is 0 Å². The van der Waals surface area contributed by atoms with Crippen LogP contribution < -0.4 is 5.73 Å². The lowest BCUT2D eigenvalue weighted by Crippen LogP contribution is -2.46. The second-order valence-electron chi connectivity index (χ2n) is 6.25. The molecule has 1 saturated carbocycles. The highest BCUT2D eigenvalue weighted by atomic mass is 16.5. The molecule has 0 spiro atoms. The largest absolute Gasteiger partial charge is 0.371 e. The van der Waals surface area contributed by atoms with Crippen LogP contribution in [0.2, 0.25) is 0 Å². The summed E-state index contributed by atoms with van der Waals surface area (Å²) in [5.74, 6) is 1.54. The molecule has 1 aliphatic carbocycles. The molecule has 1 aliphatic rings. The maximum atomic E-state index is 6.12. The van der Waals surface area contributed by atoms with Crippen LogP contribution in [0.3, 0.4) is 0 Å². The molecule has 2 nitrogen and oxygen atoms in total. The Morgan fingerprint density at radius 2 is 1.80 bits per heavy atom. The predicted octanol–water partition coefficient (Wildman–Crippen LogP) is 2.95. The third-order valence-electron chi connectivity index (χ3n) is 3.33. The SMILES string of the molecule is CC(C)C1CCC(N)C(OC(C)(C)C)C1. The van der Waals surface area contributed by atoms with Crippen molar-refractivity contribution < 1.29 is 4.74 Å². The molecule has 0 heterocycles. The Balaban J connectivity index is 2.54. The fraction of sp³-hybridized carbons (Fsp3) is 1.00. The van der Waals surface area contributed by atoms with Crippen molar-refractivity contribution in [3.63, 3.8) is 0 Å². The minimum atomic E-state index is -0.0683. The van der Waals surface area contributed by atoms with E-state index < -0.39 is 0 Å². The van der Waals surface area contributed by atoms with Crippen LogP contribution in [0, 0.1) is 11.8 Å². The van der Waals surface area contributed by atoms with Crippen LogP contribution in [0.1, 0.15) is 53.9 Å². The van der Waals surface area contributed by atoms with Crippen molar-refractivity contribution in [1.29, 1.82) is 0 Å². The van der Waals surface area contributed by atoms with Gasteiger partial charge in [0, 0.05) is 6.04 Å². The second kappa shape index (κ2) is 4.84. The molecule has 0 bridgehead atoms. The smallest absolute Gasteiger partial charge is 0.0735 e. The van der Waals surface area contributed by atoms with E-state index in [2.05, 4.69) is 34.6 Å². The van der Waals surface area contributed by atoms with Gasteiger partial charge in [0.15, 0.2) is 0 Å². The zero-order valence-electron chi connectivity index (χ0n) is 10.9. The van der Waals surface area contributed by atoms with Gasteiger partial charge in [0.2, 0.25) is 0 Å². The molecule has 90 valence electrons. The quantitative estimate of drug-likeness (QED) is 0.765. The first-order chi connectivity index (χ1) is 6.79. The van der Waals surface area contributed by atoms with Crippen molar-refractivity contribution in [3.8, 4) is 0 Å². The van der Waals surface area contributed by atoms with Crippen LogP contribution in [-0.4, -0.2) is 17.7 Å². The molecule has 3 atom stereocenters. The van der Waals surface area contributed by atoms with E-state index in [1.165, 1.54) is 6.42 Å². The lowest BCUT2D eigenvalue weighted by molar-refractivity contribution is -0.0928. The normalized spacial score (nSPS) is 33.4. The Morgan fingerprint density at radius 1 is 1.20 bits per heavy atom. The highest BCUT2D eigenvalue weighted by Gasteiger charge is 2.32. The molecular weight excluding hydrogens is 186 g/mol. The van der Waals surface area contributed by atoms with Gasteiger partial charge >= 0.3 is 0 Å². The monoisotopic (exact) mass is 213 g/mol. The summed E-state index contributed by atoms with van der Waals surface area (Å²) in [6, 6.07) is 0.235. The van der Waals surface area contributed by atoms with Crippen molar-refractivity contribution in [2.45, 2.75) is 71.6 Å². The highest BCUT2D eigenvalue weighted by molar-refractivity contribution is 4.86. The first-order valence-electron chi connectivity index (χ1n) is 6.23. The standard InChI is InChI=1S/C13H27NO/c1-9(2)10-6-7-11(14)12(8-10)15-13(3,4)5/h9-12H,6-8,14H2,1-5H3. The molecule has 0 saturated heterocycles. The van der Waals surface area contributed by atoms with Crippen LogP contribution in [-0.2, 0) is 4.74 Å². The average Bonchev–Trinajstić information content (AvgIpc) is 2.06. The van der Waals surface area contributed by atoms with Gasteiger partial charge in [-0.25, -0.2) is 0 Å². The van der Waals surface area contributed by atoms with E-state index in [4.69, 9.17) is 10.5 Å². The van der Waals surface area contributed by atoms with Gasteiger partial charge in [-0.2, -0.15) is 0 Å². The number of hydrogen-bond donors (Lipinski definition) is 1. The summed E-state index contributed by atoms with van der Waals surface area (Å²) >= 11 is 0. The summed E-state index contributed by atoms with van der Waals surface area (Å²) in [5.41, 5.74) is 6.06. The van der Waals surface area contributed by atoms with Crippen molar-refractivity contribution in [1.82, 2.24) is 0 Å². The molecule has 0 aliphatic heterocycles. The van der Waals surface area contributed by atoms with E-state index >= 15 is 0 Å². The lowest BCUT2D eigenvalue weighted by atomic mass is 9.78. The first-order valence-corrected chi connectivity index (χ1v) is 6.23. The minimum absolute atomic E-state index is 0.0683. The number of ether oxygens (including phenoxy) is 1. The van der Waals surface area contributed by atoms with Crippen LogP contribution in [0.25, 0.3) is 0 Å². The molecule has 15 heavy (non-hydrogen) atoms. The Morgan fingerprint density at radius 3 is 2.27 bits per heavy atom. The van der Waals surface area contributed by atoms with Crippen molar-refractivity contribution in [2.24, 2.45) is 17.6 Å². The number of hydrogen-bond acceptors (Lipinski definition) is 2. The summed E-state index contributed by atoms with van der Waals surface area (Å²) in [5, 5.41) is 0. The maximum absolute atomic E-state index is 6.12. The highest BCUT2D eigenvalue weighted by Crippen LogP contribution is 2.32. The average molecular weight is 213 g/mol. The molecule has 0 aromatic rings. The van der Waals surface area contributed by atoms with Gasteiger partial charge in [-0.05, 0) is 51.9 Å². The molecule has 0 amide bonds. The molecule has 2 heteroatoms. The Bertz CT molecular complexity index is 195. The van der Waals surface area contributed by atoms with Gasteiger partial charge in [0.05, 0.1) is 11.7 Å². The Hall–Kier alpha value is -0.0800. The zero-order chi connectivity index (χ0) is 11.6. The third kappa shape index (κ3) is 4.12. The van der Waals surface area contributed by atoms with Crippen LogP contribution >= 0.6 is 0 Å². The molecule has 2 N–H and O–H groups in total. The van der Waals surface area contributed by atoms with Gasteiger partial charge in [-0.3, -0.25) is 0 Å². The molecule has 0 radical (unpaired) electrons. The van der Waals surface area contributed by atoms with E-state index in [-0.39, 0.29) is 17.7 Å². The molecule has 3 unspecified atom stereocenters. The molecule has 0 aromatic carbocycles. The fourth-order valence-corrected chi connectivity index (χ4v) is 2.38. The van der Waals surface area contributed by atoms with Crippen LogP contribution in [0.4, 0.5) is 0 Å². The minimum Gasteiger partial charge on any atom is -0.371 e. The van der Waals surface area contributed by atoms with E-state index in [1.807, 2.05) is 0 Å². The lowest BCUT2D eigenvalue weighted by Gasteiger charge is -2.39. The Labute approximate surface area is 94.6 Å². The summed E-state index contributed by atoms with van der Waals surface area (Å²) in [7, 11) is 0. The first kappa shape index (κ1) is 13.0.